The van der Waals surface area contributed by atoms with E-state index in [-0.39, 0.29) is 11.5 Å². The Bertz CT molecular complexity index is 504. The lowest BCUT2D eigenvalue weighted by atomic mass is 10.2. The number of hydrogen-bond donors (Lipinski definition) is 1. The molecule has 0 aliphatic heterocycles. The highest BCUT2D eigenvalue weighted by atomic mass is 32.1. The third-order valence-electron chi connectivity index (χ3n) is 2.07. The lowest BCUT2D eigenvalue weighted by Crippen LogP contribution is -1.88. The minimum Gasteiger partial charge on any atom is -0.356 e. The molecule has 0 spiro atoms. The highest BCUT2D eigenvalue weighted by Gasteiger charge is 1.93. The van der Waals surface area contributed by atoms with Gasteiger partial charge in [0.05, 0.1) is 5.69 Å². The summed E-state index contributed by atoms with van der Waals surface area (Å²) < 4.78 is 13.9. The normalized spacial score (nSPS) is 9.50. The molecule has 0 unspecified atom stereocenters. The number of hydrogen-bond acceptors (Lipinski definition) is 3. The molecule has 80 valence electrons. The van der Waals surface area contributed by atoms with Crippen LogP contribution in [0, 0.1) is 0 Å². The number of nitrogens with one attached hydrogen (secondary N) is 1. The molecule has 0 amide bonds. The second-order valence-electron chi connectivity index (χ2n) is 3.20. The Morgan fingerprint density at radius 3 is 2.12 bits per heavy atom. The monoisotopic (exact) mass is 230 g/mol. The van der Waals surface area contributed by atoms with E-state index in [0.29, 0.717) is 5.69 Å². The van der Waals surface area contributed by atoms with Crippen LogP contribution in [0.2, 0.25) is 0 Å². The van der Waals surface area contributed by atoms with Gasteiger partial charge < -0.3 is 5.32 Å². The summed E-state index contributed by atoms with van der Waals surface area (Å²) in [6.45, 7) is 0. The Kier molecular flexibility index (Phi) is 3.46. The van der Waals surface area contributed by atoms with Crippen LogP contribution in [0.4, 0.5) is 17.1 Å². The van der Waals surface area contributed by atoms with Gasteiger partial charge in [0.15, 0.2) is 0 Å². The van der Waals surface area contributed by atoms with Crippen LogP contribution in [0.15, 0.2) is 59.0 Å². The van der Waals surface area contributed by atoms with Gasteiger partial charge in [-0.1, -0.05) is 18.2 Å². The van der Waals surface area contributed by atoms with Crippen molar-refractivity contribution in [2.45, 2.75) is 0 Å². The molecule has 16 heavy (non-hydrogen) atoms. The molecule has 0 fully saturated rings. The van der Waals surface area contributed by atoms with E-state index < -0.39 is 0 Å². The molecule has 2 aromatic rings. The number of nitrogens with zero attached hydrogens (tertiary/aromatic N) is 1. The summed E-state index contributed by atoms with van der Waals surface area (Å²) >= 11 is 0.219. The van der Waals surface area contributed by atoms with Crippen molar-refractivity contribution < 1.29 is 4.21 Å². The van der Waals surface area contributed by atoms with Crippen molar-refractivity contribution in [3.8, 4) is 0 Å². The first-order chi connectivity index (χ1) is 7.88. The molecule has 0 saturated carbocycles. The van der Waals surface area contributed by atoms with Crippen LogP contribution in [0.1, 0.15) is 0 Å². The fourth-order valence-electron chi connectivity index (χ4n) is 1.34. The van der Waals surface area contributed by atoms with Crippen LogP contribution in [0.3, 0.4) is 0 Å². The Hall–Kier alpha value is -1.94. The van der Waals surface area contributed by atoms with E-state index in [0.717, 1.165) is 11.4 Å². The molecule has 2 rings (SSSR count). The van der Waals surface area contributed by atoms with Crippen LogP contribution in [-0.4, -0.2) is 4.21 Å². The molecule has 0 aromatic heterocycles. The second kappa shape index (κ2) is 5.23. The summed E-state index contributed by atoms with van der Waals surface area (Å²) in [5.74, 6) is 0. The number of rotatable bonds is 3. The zero-order valence-electron chi connectivity index (χ0n) is 8.46. The van der Waals surface area contributed by atoms with Crippen molar-refractivity contribution in [1.29, 1.82) is 0 Å². The third kappa shape index (κ3) is 2.77. The van der Waals surface area contributed by atoms with Crippen LogP contribution in [-0.2, 0) is 11.5 Å². The van der Waals surface area contributed by atoms with E-state index >= 15 is 0 Å². The molecule has 0 atom stereocenters. The van der Waals surface area contributed by atoms with Crippen molar-refractivity contribution in [3.63, 3.8) is 0 Å². The maximum atomic E-state index is 10.2. The van der Waals surface area contributed by atoms with Gasteiger partial charge in [0.1, 0.15) is 0 Å². The number of para-hydroxylation sites is 1. The van der Waals surface area contributed by atoms with Gasteiger partial charge in [0, 0.05) is 11.4 Å². The zero-order chi connectivity index (χ0) is 11.2. The Morgan fingerprint density at radius 2 is 1.50 bits per heavy atom. The van der Waals surface area contributed by atoms with E-state index in [1.807, 2.05) is 42.5 Å². The largest absolute Gasteiger partial charge is 0.356 e. The maximum Gasteiger partial charge on any atom is 0.205 e. The predicted octanol–water partition coefficient (Wildman–Crippen LogP) is 3.46. The van der Waals surface area contributed by atoms with Gasteiger partial charge >= 0.3 is 0 Å². The lowest BCUT2D eigenvalue weighted by molar-refractivity contribution is 0.698. The quantitative estimate of drug-likeness (QED) is 0.877. The molecule has 0 radical (unpaired) electrons. The molecule has 2 aromatic carbocycles. The van der Waals surface area contributed by atoms with E-state index in [9.17, 15) is 4.21 Å². The van der Waals surface area contributed by atoms with Crippen molar-refractivity contribution in [2.24, 2.45) is 4.36 Å². The molecule has 0 bridgehead atoms. The van der Waals surface area contributed by atoms with E-state index in [2.05, 4.69) is 9.68 Å². The Balaban J connectivity index is 2.14. The van der Waals surface area contributed by atoms with Crippen LogP contribution < -0.4 is 5.32 Å². The van der Waals surface area contributed by atoms with Crippen molar-refractivity contribution in [1.82, 2.24) is 0 Å². The summed E-state index contributed by atoms with van der Waals surface area (Å²) in [5, 5.41) is 3.25. The average molecular weight is 230 g/mol. The molecular formula is C12H10N2OS. The summed E-state index contributed by atoms with van der Waals surface area (Å²) in [4.78, 5) is 0. The van der Waals surface area contributed by atoms with Gasteiger partial charge in [-0.25, -0.2) is 0 Å². The summed E-state index contributed by atoms with van der Waals surface area (Å²) in [7, 11) is 0. The van der Waals surface area contributed by atoms with Gasteiger partial charge in [0.2, 0.25) is 11.5 Å². The highest BCUT2D eigenvalue weighted by Crippen LogP contribution is 2.19. The first-order valence-electron chi connectivity index (χ1n) is 4.80. The zero-order valence-corrected chi connectivity index (χ0v) is 9.28. The van der Waals surface area contributed by atoms with Gasteiger partial charge in [-0.2, -0.15) is 8.57 Å². The average Bonchev–Trinajstić information content (AvgIpc) is 2.33. The molecule has 0 saturated heterocycles. The van der Waals surface area contributed by atoms with E-state index in [4.69, 9.17) is 0 Å². The molecule has 0 aliphatic rings. The molecule has 4 heteroatoms. The molecule has 3 nitrogen and oxygen atoms in total. The first-order valence-corrected chi connectivity index (χ1v) is 5.50. The SMILES string of the molecule is O=S=Nc1ccc(Nc2ccccc2)cc1. The van der Waals surface area contributed by atoms with Gasteiger partial charge in [-0.05, 0) is 36.4 Å². The van der Waals surface area contributed by atoms with E-state index in [1.165, 1.54) is 0 Å². The molecular weight excluding hydrogens is 220 g/mol. The highest BCUT2D eigenvalue weighted by molar-refractivity contribution is 7.54. The van der Waals surface area contributed by atoms with Gasteiger partial charge in [-0.3, -0.25) is 0 Å². The molecule has 0 aliphatic carbocycles. The summed E-state index contributed by atoms with van der Waals surface area (Å²) in [6.07, 6.45) is 0. The van der Waals surface area contributed by atoms with Crippen molar-refractivity contribution in [3.05, 3.63) is 54.6 Å². The third-order valence-corrected chi connectivity index (χ3v) is 2.36. The topological polar surface area (TPSA) is 41.5 Å². The number of benzene rings is 2. The second-order valence-corrected chi connectivity index (χ2v) is 3.54. The number of anilines is 2. The van der Waals surface area contributed by atoms with E-state index in [1.54, 1.807) is 12.1 Å². The molecule has 1 N–H and O–H groups in total. The Labute approximate surface area is 97.4 Å². The minimum atomic E-state index is 0.219. The van der Waals surface area contributed by atoms with Crippen LogP contribution in [0.25, 0.3) is 0 Å². The smallest absolute Gasteiger partial charge is 0.205 e. The van der Waals surface area contributed by atoms with Crippen LogP contribution in [0.5, 0.6) is 0 Å². The van der Waals surface area contributed by atoms with Crippen molar-refractivity contribution in [2.75, 3.05) is 5.32 Å². The van der Waals surface area contributed by atoms with Gasteiger partial charge in [-0.15, -0.1) is 0 Å². The fourth-order valence-corrected chi connectivity index (χ4v) is 1.54. The predicted molar refractivity (Wildman–Crippen MR) is 66.4 cm³/mol. The summed E-state index contributed by atoms with van der Waals surface area (Å²) in [6, 6.07) is 17.3. The van der Waals surface area contributed by atoms with Gasteiger partial charge in [0.25, 0.3) is 0 Å². The minimum absolute atomic E-state index is 0.219. The Morgan fingerprint density at radius 1 is 0.875 bits per heavy atom. The first kappa shape index (κ1) is 10.6. The standard InChI is InChI=1S/C12H10N2OS/c15-16-14-12-8-6-11(7-9-12)13-10-4-2-1-3-5-10/h1-9,13H. The van der Waals surface area contributed by atoms with Crippen LogP contribution >= 0.6 is 0 Å². The summed E-state index contributed by atoms with van der Waals surface area (Å²) in [5.41, 5.74) is 2.69. The fraction of sp³-hybridized carbons (Fsp3) is 0. The van der Waals surface area contributed by atoms with Crippen molar-refractivity contribution >= 4 is 28.5 Å². The lowest BCUT2D eigenvalue weighted by Gasteiger charge is -2.05. The maximum absolute atomic E-state index is 10.2. The molecule has 0 heterocycles.